The Balaban J connectivity index is 3.00. The molecule has 0 unspecified atom stereocenters. The van der Waals surface area contributed by atoms with Gasteiger partial charge in [0.05, 0.1) is 11.4 Å². The molecular formula is C18H23NO2S. The van der Waals surface area contributed by atoms with Crippen LogP contribution in [-0.4, -0.2) is 19.3 Å². The van der Waals surface area contributed by atoms with E-state index in [0.717, 1.165) is 5.56 Å². The number of benzene rings is 1. The van der Waals surface area contributed by atoms with Gasteiger partial charge in [0.25, 0.3) is 10.0 Å². The van der Waals surface area contributed by atoms with Gasteiger partial charge in [-0.25, -0.2) is 12.7 Å². The Kier molecular flexibility index (Phi) is 7.02. The smallest absolute Gasteiger partial charge is 0.224 e. The van der Waals surface area contributed by atoms with Gasteiger partial charge >= 0.3 is 0 Å². The van der Waals surface area contributed by atoms with Crippen molar-refractivity contribution in [2.45, 2.75) is 45.4 Å². The molecule has 0 heterocycles. The molecule has 118 valence electrons. The summed E-state index contributed by atoms with van der Waals surface area (Å²) in [6, 6.07) is 9.55. The van der Waals surface area contributed by atoms with Crippen LogP contribution in [0, 0.1) is 36.6 Å². The minimum absolute atomic E-state index is 0.264. The van der Waals surface area contributed by atoms with E-state index in [-0.39, 0.29) is 17.4 Å². The van der Waals surface area contributed by atoms with Gasteiger partial charge in [-0.3, -0.25) is 0 Å². The van der Waals surface area contributed by atoms with E-state index >= 15 is 0 Å². The van der Waals surface area contributed by atoms with E-state index < -0.39 is 10.0 Å². The molecule has 0 N–H and O–H groups in total. The van der Waals surface area contributed by atoms with E-state index in [1.807, 2.05) is 27.7 Å². The predicted octanol–water partition coefficient (Wildman–Crippen LogP) is 3.41. The van der Waals surface area contributed by atoms with Gasteiger partial charge in [0.2, 0.25) is 0 Å². The number of hydrogen-bond donors (Lipinski definition) is 0. The first-order valence-corrected chi connectivity index (χ1v) is 8.88. The second kappa shape index (κ2) is 8.51. The molecule has 0 bridgehead atoms. The number of hydrogen-bond acceptors (Lipinski definition) is 2. The average molecular weight is 317 g/mol. The molecule has 1 aromatic carbocycles. The quantitative estimate of drug-likeness (QED) is 0.630. The lowest BCUT2D eigenvalue weighted by atomic mass is 10.2. The van der Waals surface area contributed by atoms with Gasteiger partial charge in [-0.05, 0) is 19.1 Å². The van der Waals surface area contributed by atoms with E-state index in [2.05, 4.69) is 23.8 Å². The first-order chi connectivity index (χ1) is 10.4. The van der Waals surface area contributed by atoms with Crippen LogP contribution in [0.2, 0.25) is 0 Å². The summed E-state index contributed by atoms with van der Waals surface area (Å²) in [6.45, 7) is 8.10. The molecule has 22 heavy (non-hydrogen) atoms. The van der Waals surface area contributed by atoms with Crippen LogP contribution in [-0.2, 0) is 10.0 Å². The molecule has 1 rings (SSSR count). The average Bonchev–Trinajstić information content (AvgIpc) is 2.46. The van der Waals surface area contributed by atoms with Crippen LogP contribution in [0.4, 0.5) is 0 Å². The van der Waals surface area contributed by atoms with Crippen LogP contribution in [0.15, 0.2) is 29.2 Å². The molecular weight excluding hydrogens is 294 g/mol. The molecule has 0 radical (unpaired) electrons. The maximum atomic E-state index is 12.7. The largest absolute Gasteiger partial charge is 0.271 e. The minimum atomic E-state index is -3.60. The number of rotatable bonds is 4. The molecule has 0 saturated carbocycles. The molecule has 4 heteroatoms. The third-order valence-corrected chi connectivity index (χ3v) is 4.54. The predicted molar refractivity (Wildman–Crippen MR) is 90.4 cm³/mol. The zero-order valence-electron chi connectivity index (χ0n) is 13.7. The normalized spacial score (nSPS) is 10.4. The maximum Gasteiger partial charge on any atom is 0.271 e. The zero-order valence-corrected chi connectivity index (χ0v) is 14.5. The Bertz CT molecular complexity index is 695. The van der Waals surface area contributed by atoms with Crippen molar-refractivity contribution in [3.8, 4) is 23.8 Å². The molecule has 0 aliphatic carbocycles. The van der Waals surface area contributed by atoms with Crippen molar-refractivity contribution in [2.24, 2.45) is 5.92 Å². The van der Waals surface area contributed by atoms with Crippen molar-refractivity contribution in [3.05, 3.63) is 29.8 Å². The molecule has 1 aromatic rings. The van der Waals surface area contributed by atoms with Gasteiger partial charge in [0.15, 0.2) is 0 Å². The SMILES string of the molecule is CCC#CN(CCC#CC(C)C)S(=O)(=O)c1ccc(C)cc1. The first-order valence-electron chi connectivity index (χ1n) is 7.44. The number of nitrogens with zero attached hydrogens (tertiary/aromatic N) is 1. The first kappa shape index (κ1) is 18.1. The molecule has 0 aliphatic rings. The Hall–Kier alpha value is -1.91. The van der Waals surface area contributed by atoms with E-state index in [1.165, 1.54) is 4.31 Å². The topological polar surface area (TPSA) is 37.4 Å². The van der Waals surface area contributed by atoms with Crippen molar-refractivity contribution in [3.63, 3.8) is 0 Å². The van der Waals surface area contributed by atoms with Gasteiger partial charge in [0.1, 0.15) is 0 Å². The van der Waals surface area contributed by atoms with Gasteiger partial charge in [-0.15, -0.1) is 11.8 Å². The second-order valence-corrected chi connectivity index (χ2v) is 7.12. The molecule has 0 aliphatic heterocycles. The van der Waals surface area contributed by atoms with Gasteiger partial charge in [-0.1, -0.05) is 44.4 Å². The zero-order chi connectivity index (χ0) is 16.6. The molecule has 0 fully saturated rings. The summed E-state index contributed by atoms with van der Waals surface area (Å²) in [5.74, 6) is 9.15. The van der Waals surface area contributed by atoms with E-state index in [1.54, 1.807) is 24.3 Å². The molecule has 0 aromatic heterocycles. The Labute approximate surface area is 134 Å². The highest BCUT2D eigenvalue weighted by molar-refractivity contribution is 7.89. The Morgan fingerprint density at radius 2 is 1.77 bits per heavy atom. The summed E-state index contributed by atoms with van der Waals surface area (Å²) >= 11 is 0. The highest BCUT2D eigenvalue weighted by Gasteiger charge is 2.21. The highest BCUT2D eigenvalue weighted by atomic mass is 32.2. The Morgan fingerprint density at radius 3 is 2.32 bits per heavy atom. The lowest BCUT2D eigenvalue weighted by Crippen LogP contribution is -2.27. The summed E-state index contributed by atoms with van der Waals surface area (Å²) in [5, 5.41) is 0. The van der Waals surface area contributed by atoms with Crippen LogP contribution >= 0.6 is 0 Å². The summed E-state index contributed by atoms with van der Waals surface area (Å²) in [6.07, 6.45) is 1.08. The summed E-state index contributed by atoms with van der Waals surface area (Å²) in [4.78, 5) is 0.264. The fraction of sp³-hybridized carbons (Fsp3) is 0.444. The van der Waals surface area contributed by atoms with Crippen LogP contribution in [0.5, 0.6) is 0 Å². The fourth-order valence-electron chi connectivity index (χ4n) is 1.67. The van der Waals surface area contributed by atoms with Gasteiger partial charge in [0, 0.05) is 24.8 Å². The third-order valence-electron chi connectivity index (χ3n) is 2.82. The molecule has 0 spiro atoms. The van der Waals surface area contributed by atoms with Crippen molar-refractivity contribution in [2.75, 3.05) is 6.54 Å². The monoisotopic (exact) mass is 317 g/mol. The van der Waals surface area contributed by atoms with Gasteiger partial charge < -0.3 is 0 Å². The van der Waals surface area contributed by atoms with E-state index in [0.29, 0.717) is 12.8 Å². The van der Waals surface area contributed by atoms with E-state index in [4.69, 9.17) is 0 Å². The molecule has 0 atom stereocenters. The summed E-state index contributed by atoms with van der Waals surface area (Å²) in [5.41, 5.74) is 1.02. The molecule has 3 nitrogen and oxygen atoms in total. The second-order valence-electron chi connectivity index (χ2n) is 5.26. The number of sulfonamides is 1. The summed E-state index contributed by atoms with van der Waals surface area (Å²) in [7, 11) is -3.60. The van der Waals surface area contributed by atoms with Crippen LogP contribution < -0.4 is 0 Å². The van der Waals surface area contributed by atoms with Crippen LogP contribution in [0.25, 0.3) is 0 Å². The lowest BCUT2D eigenvalue weighted by Gasteiger charge is -2.17. The van der Waals surface area contributed by atoms with E-state index in [9.17, 15) is 8.42 Å². The van der Waals surface area contributed by atoms with Crippen LogP contribution in [0.1, 0.15) is 39.2 Å². The minimum Gasteiger partial charge on any atom is -0.224 e. The van der Waals surface area contributed by atoms with Crippen molar-refractivity contribution in [1.82, 2.24) is 4.31 Å². The standard InChI is InChI=1S/C18H23NO2S/c1-5-6-14-19(15-8-7-9-16(2)3)22(20,21)18-12-10-17(4)11-13-18/h10-13,16H,5,8,15H2,1-4H3. The van der Waals surface area contributed by atoms with Crippen molar-refractivity contribution >= 4 is 10.0 Å². The van der Waals surface area contributed by atoms with Crippen molar-refractivity contribution in [1.29, 1.82) is 0 Å². The number of aryl methyl sites for hydroxylation is 1. The summed E-state index contributed by atoms with van der Waals surface area (Å²) < 4.78 is 26.5. The molecule has 0 saturated heterocycles. The maximum absolute atomic E-state index is 12.7. The lowest BCUT2D eigenvalue weighted by molar-refractivity contribution is 0.515. The Morgan fingerprint density at radius 1 is 1.14 bits per heavy atom. The fourth-order valence-corrected chi connectivity index (χ4v) is 2.93. The highest BCUT2D eigenvalue weighted by Crippen LogP contribution is 2.16. The van der Waals surface area contributed by atoms with Crippen molar-refractivity contribution < 1.29 is 8.42 Å². The van der Waals surface area contributed by atoms with Crippen LogP contribution in [0.3, 0.4) is 0 Å². The van der Waals surface area contributed by atoms with Gasteiger partial charge in [-0.2, -0.15) is 0 Å². The molecule has 0 amide bonds. The third kappa shape index (κ3) is 5.47.